The maximum absolute atomic E-state index is 9.60. The van der Waals surface area contributed by atoms with Gasteiger partial charge in [0.25, 0.3) is 0 Å². The van der Waals surface area contributed by atoms with E-state index in [9.17, 15) is 5.26 Å². The topological polar surface area (TPSA) is 70.9 Å². The molecule has 1 aromatic heterocycles. The molecule has 0 radical (unpaired) electrons. The fourth-order valence-corrected chi connectivity index (χ4v) is 3.43. The molecule has 3 aromatic carbocycles. The van der Waals surface area contributed by atoms with Gasteiger partial charge in [0.1, 0.15) is 36.6 Å². The molecule has 1 N–H and O–H groups in total. The van der Waals surface area contributed by atoms with Gasteiger partial charge < -0.3 is 14.5 Å². The van der Waals surface area contributed by atoms with Gasteiger partial charge in [-0.25, -0.2) is 4.98 Å². The van der Waals surface area contributed by atoms with Crippen molar-refractivity contribution in [2.75, 3.05) is 13.2 Å². The van der Waals surface area contributed by atoms with E-state index in [2.05, 4.69) is 48.9 Å². The van der Waals surface area contributed by atoms with Gasteiger partial charge in [0, 0.05) is 0 Å². The van der Waals surface area contributed by atoms with Crippen molar-refractivity contribution in [3.8, 4) is 17.6 Å². The first-order chi connectivity index (χ1) is 15.9. The number of nitrogens with zero attached hydrogens (tertiary/aromatic N) is 2. The molecule has 0 atom stereocenters. The lowest BCUT2D eigenvalue weighted by atomic mass is 9.87. The van der Waals surface area contributed by atoms with Crippen LogP contribution in [-0.4, -0.2) is 23.2 Å². The number of aromatic amines is 1. The zero-order valence-corrected chi connectivity index (χ0v) is 19.1. The standard InChI is InChI=1S/C28H27N3O2/c1-28(2,3)22-10-14-24(15-11-22)33-17-16-32-23-12-8-20(9-13-23)18-21(19-29)27-30-25-6-4-5-7-26(25)31-27/h4-15,18H,16-17H2,1-3H3,(H,30,31)/b21-18+. The molecule has 0 fully saturated rings. The van der Waals surface area contributed by atoms with Gasteiger partial charge in [0.05, 0.1) is 16.6 Å². The first kappa shape index (κ1) is 22.2. The number of nitriles is 1. The fourth-order valence-electron chi connectivity index (χ4n) is 3.43. The Bertz CT molecular complexity index is 1260. The molecule has 0 bridgehead atoms. The number of ether oxygens (including phenoxy) is 2. The van der Waals surface area contributed by atoms with E-state index in [0.717, 1.165) is 28.1 Å². The number of fused-ring (bicyclic) bond motifs is 1. The third-order valence-electron chi connectivity index (χ3n) is 5.30. The summed E-state index contributed by atoms with van der Waals surface area (Å²) >= 11 is 0. The molecule has 0 unspecified atom stereocenters. The summed E-state index contributed by atoms with van der Waals surface area (Å²) in [6.45, 7) is 7.48. The summed E-state index contributed by atoms with van der Waals surface area (Å²) < 4.78 is 11.6. The Hall–Kier alpha value is -4.04. The highest BCUT2D eigenvalue weighted by Gasteiger charge is 2.13. The Morgan fingerprint density at radius 2 is 1.52 bits per heavy atom. The molecule has 0 saturated carbocycles. The van der Waals surface area contributed by atoms with E-state index < -0.39 is 0 Å². The normalized spacial score (nSPS) is 11.9. The average molecular weight is 438 g/mol. The molecule has 5 heteroatoms. The zero-order chi connectivity index (χ0) is 23.3. The van der Waals surface area contributed by atoms with Gasteiger partial charge in [-0.3, -0.25) is 0 Å². The van der Waals surface area contributed by atoms with E-state index in [-0.39, 0.29) is 5.41 Å². The van der Waals surface area contributed by atoms with Crippen molar-refractivity contribution >= 4 is 22.7 Å². The molecule has 0 aliphatic carbocycles. The van der Waals surface area contributed by atoms with Crippen LogP contribution in [0.2, 0.25) is 0 Å². The maximum Gasteiger partial charge on any atom is 0.149 e. The Morgan fingerprint density at radius 3 is 2.09 bits per heavy atom. The lowest BCUT2D eigenvalue weighted by Crippen LogP contribution is -2.11. The van der Waals surface area contributed by atoms with E-state index in [4.69, 9.17) is 9.47 Å². The highest BCUT2D eigenvalue weighted by molar-refractivity contribution is 5.90. The minimum absolute atomic E-state index is 0.128. The molecule has 4 rings (SSSR count). The van der Waals surface area contributed by atoms with Gasteiger partial charge >= 0.3 is 0 Å². The second-order valence-electron chi connectivity index (χ2n) is 8.81. The van der Waals surface area contributed by atoms with Crippen molar-refractivity contribution in [1.29, 1.82) is 5.26 Å². The monoisotopic (exact) mass is 437 g/mol. The molecule has 0 saturated heterocycles. The number of hydrogen-bond acceptors (Lipinski definition) is 4. The van der Waals surface area contributed by atoms with Gasteiger partial charge in [-0.2, -0.15) is 5.26 Å². The van der Waals surface area contributed by atoms with Crippen LogP contribution in [0.4, 0.5) is 0 Å². The van der Waals surface area contributed by atoms with Gasteiger partial charge in [-0.1, -0.05) is 57.2 Å². The maximum atomic E-state index is 9.60. The molecule has 166 valence electrons. The zero-order valence-electron chi connectivity index (χ0n) is 19.1. The third-order valence-corrected chi connectivity index (χ3v) is 5.30. The Morgan fingerprint density at radius 1 is 0.909 bits per heavy atom. The number of hydrogen-bond donors (Lipinski definition) is 1. The quantitative estimate of drug-likeness (QED) is 0.269. The lowest BCUT2D eigenvalue weighted by molar-refractivity contribution is 0.217. The number of H-pyrrole nitrogens is 1. The molecular formula is C28H27N3O2. The number of benzene rings is 3. The smallest absolute Gasteiger partial charge is 0.149 e. The summed E-state index contributed by atoms with van der Waals surface area (Å²) in [5, 5.41) is 9.60. The molecular weight excluding hydrogens is 410 g/mol. The van der Waals surface area contributed by atoms with Crippen molar-refractivity contribution in [2.45, 2.75) is 26.2 Å². The first-order valence-electron chi connectivity index (χ1n) is 11.0. The lowest BCUT2D eigenvalue weighted by Gasteiger charge is -2.19. The Balaban J connectivity index is 1.32. The van der Waals surface area contributed by atoms with Crippen molar-refractivity contribution in [3.05, 3.63) is 89.7 Å². The molecule has 0 aliphatic heterocycles. The molecule has 4 aromatic rings. The molecule has 1 heterocycles. The van der Waals surface area contributed by atoms with Crippen LogP contribution in [0.25, 0.3) is 22.7 Å². The summed E-state index contributed by atoms with van der Waals surface area (Å²) in [4.78, 5) is 7.70. The third kappa shape index (κ3) is 5.61. The number of nitrogens with one attached hydrogen (secondary N) is 1. The second kappa shape index (κ2) is 9.62. The van der Waals surface area contributed by atoms with Crippen molar-refractivity contribution in [1.82, 2.24) is 9.97 Å². The Kier molecular flexibility index (Phi) is 6.46. The van der Waals surface area contributed by atoms with E-state index in [1.807, 2.05) is 66.7 Å². The van der Waals surface area contributed by atoms with E-state index in [1.54, 1.807) is 0 Å². The summed E-state index contributed by atoms with van der Waals surface area (Å²) in [5.74, 6) is 2.15. The number of imidazole rings is 1. The number of aromatic nitrogens is 2. The molecule has 0 aliphatic rings. The van der Waals surface area contributed by atoms with Crippen LogP contribution >= 0.6 is 0 Å². The number of rotatable bonds is 7. The molecule has 0 spiro atoms. The van der Waals surface area contributed by atoms with Gasteiger partial charge in [-0.15, -0.1) is 0 Å². The van der Waals surface area contributed by atoms with Crippen LogP contribution in [-0.2, 0) is 5.41 Å². The summed E-state index contributed by atoms with van der Waals surface area (Å²) in [7, 11) is 0. The largest absolute Gasteiger partial charge is 0.490 e. The van der Waals surface area contributed by atoms with Crippen LogP contribution in [0.15, 0.2) is 72.8 Å². The molecule has 33 heavy (non-hydrogen) atoms. The van der Waals surface area contributed by atoms with Crippen LogP contribution in [0.5, 0.6) is 11.5 Å². The number of para-hydroxylation sites is 2. The summed E-state index contributed by atoms with van der Waals surface area (Å²) in [5.41, 5.74) is 4.53. The van der Waals surface area contributed by atoms with Crippen molar-refractivity contribution in [2.24, 2.45) is 0 Å². The Labute approximate surface area is 194 Å². The van der Waals surface area contributed by atoms with Crippen molar-refractivity contribution in [3.63, 3.8) is 0 Å². The number of allylic oxidation sites excluding steroid dienone is 1. The highest BCUT2D eigenvalue weighted by Crippen LogP contribution is 2.24. The predicted molar refractivity (Wildman–Crippen MR) is 132 cm³/mol. The van der Waals surface area contributed by atoms with Crippen LogP contribution in [0.3, 0.4) is 0 Å². The SMILES string of the molecule is CC(C)(C)c1ccc(OCCOc2ccc(/C=C(\C#N)c3nc4ccccc4[nH]3)cc2)cc1. The first-order valence-corrected chi connectivity index (χ1v) is 11.0. The van der Waals surface area contributed by atoms with Crippen LogP contribution in [0.1, 0.15) is 37.7 Å². The van der Waals surface area contributed by atoms with Crippen LogP contribution in [0, 0.1) is 11.3 Å². The minimum Gasteiger partial charge on any atom is -0.490 e. The van der Waals surface area contributed by atoms with Gasteiger partial charge in [0.2, 0.25) is 0 Å². The average Bonchev–Trinajstić information content (AvgIpc) is 3.25. The fraction of sp³-hybridized carbons (Fsp3) is 0.214. The van der Waals surface area contributed by atoms with E-state index >= 15 is 0 Å². The van der Waals surface area contributed by atoms with E-state index in [1.165, 1.54) is 5.56 Å². The summed E-state index contributed by atoms with van der Waals surface area (Å²) in [6, 6.07) is 25.8. The summed E-state index contributed by atoms with van der Waals surface area (Å²) in [6.07, 6.45) is 1.81. The molecule has 0 amide bonds. The predicted octanol–water partition coefficient (Wildman–Crippen LogP) is 6.38. The highest BCUT2D eigenvalue weighted by atomic mass is 16.5. The van der Waals surface area contributed by atoms with Gasteiger partial charge in [0.15, 0.2) is 0 Å². The van der Waals surface area contributed by atoms with Crippen LogP contribution < -0.4 is 9.47 Å². The van der Waals surface area contributed by atoms with E-state index in [0.29, 0.717) is 24.6 Å². The minimum atomic E-state index is 0.128. The van der Waals surface area contributed by atoms with Gasteiger partial charge in [-0.05, 0) is 59.0 Å². The second-order valence-corrected chi connectivity index (χ2v) is 8.81. The molecule has 5 nitrogen and oxygen atoms in total. The van der Waals surface area contributed by atoms with Crippen molar-refractivity contribution < 1.29 is 9.47 Å².